The molecule has 2 aromatic heterocycles. The van der Waals surface area contributed by atoms with Gasteiger partial charge < -0.3 is 19.8 Å². The van der Waals surface area contributed by atoms with Crippen molar-refractivity contribution in [2.45, 2.75) is 44.3 Å². The van der Waals surface area contributed by atoms with E-state index in [0.717, 1.165) is 5.46 Å². The Morgan fingerprint density at radius 1 is 1.21 bits per heavy atom. The van der Waals surface area contributed by atoms with Gasteiger partial charge in [0, 0.05) is 6.20 Å². The second kappa shape index (κ2) is 8.03. The molecule has 0 atom stereocenters. The van der Waals surface area contributed by atoms with Crippen molar-refractivity contribution in [3.05, 3.63) is 47.5 Å². The lowest BCUT2D eigenvalue weighted by Gasteiger charge is -2.39. The van der Waals surface area contributed by atoms with Crippen LogP contribution in [0.25, 0.3) is 0 Å². The van der Waals surface area contributed by atoms with Gasteiger partial charge in [-0.3, -0.25) is 9.78 Å². The average Bonchev–Trinajstić information content (AvgIpc) is 2.61. The molecule has 1 radical (unpaired) electrons. The first-order valence-corrected chi connectivity index (χ1v) is 9.62. The summed E-state index contributed by atoms with van der Waals surface area (Å²) >= 11 is 5.79. The van der Waals surface area contributed by atoms with Gasteiger partial charge >= 0.3 is 7.48 Å². The van der Waals surface area contributed by atoms with Gasteiger partial charge in [-0.15, -0.1) is 0 Å². The highest BCUT2D eigenvalue weighted by Crippen LogP contribution is 2.32. The fraction of sp³-hybridized carbons (Fsp3) is 0.450. The van der Waals surface area contributed by atoms with Gasteiger partial charge in [-0.2, -0.15) is 0 Å². The van der Waals surface area contributed by atoms with Gasteiger partial charge in [-0.1, -0.05) is 17.7 Å². The number of nitrogens with zero attached hydrogens (tertiary/aromatic N) is 2. The highest BCUT2D eigenvalue weighted by Gasteiger charge is 2.49. The molecule has 3 heterocycles. The van der Waals surface area contributed by atoms with Crippen molar-refractivity contribution in [1.82, 2.24) is 9.97 Å². The Morgan fingerprint density at radius 2 is 1.93 bits per heavy atom. The lowest BCUT2D eigenvalue weighted by atomic mass is 9.79. The molecule has 0 unspecified atom stereocenters. The first-order valence-electron chi connectivity index (χ1n) is 9.24. The molecule has 153 valence electrons. The maximum atomic E-state index is 12.9. The van der Waals surface area contributed by atoms with E-state index in [1.165, 1.54) is 6.20 Å². The van der Waals surface area contributed by atoms with Gasteiger partial charge in [0.1, 0.15) is 10.6 Å². The fourth-order valence-corrected chi connectivity index (χ4v) is 2.63. The highest BCUT2D eigenvalue weighted by molar-refractivity contribution is 6.46. The molecular formula is C20H24BClN3O4. The Morgan fingerprint density at radius 3 is 2.41 bits per heavy atom. The molecule has 0 saturated carbocycles. The molecule has 1 aliphatic rings. The van der Waals surface area contributed by atoms with E-state index in [0.29, 0.717) is 16.5 Å². The number of halogens is 1. The van der Waals surface area contributed by atoms with E-state index in [2.05, 4.69) is 15.3 Å². The molecule has 0 aliphatic carbocycles. The second-order valence-electron chi connectivity index (χ2n) is 8.18. The molecule has 3 rings (SSSR count). The van der Waals surface area contributed by atoms with Gasteiger partial charge in [0.05, 0.1) is 42.0 Å². The van der Waals surface area contributed by atoms with Crippen LogP contribution in [0.1, 0.15) is 33.4 Å². The number of hydrogen-bond acceptors (Lipinski definition) is 6. The zero-order valence-electron chi connectivity index (χ0n) is 16.9. The summed E-state index contributed by atoms with van der Waals surface area (Å²) < 4.78 is 11.1. The Balaban J connectivity index is 1.70. The van der Waals surface area contributed by atoms with Crippen LogP contribution in [0.5, 0.6) is 0 Å². The third-order valence-corrected chi connectivity index (χ3v) is 5.58. The summed E-state index contributed by atoms with van der Waals surface area (Å²) in [4.78, 5) is 21.3. The molecule has 7 nitrogen and oxygen atoms in total. The summed E-state index contributed by atoms with van der Waals surface area (Å²) in [7, 11) is 1.55. The molecule has 9 heteroatoms. The standard InChI is InChI=1S/C20H24BClN3O4/c1-18(2,27)19(3,4)29-21-13-5-7-15(23-9-13)20(11-28-12-20)17(26)25-14-6-8-16(22)24-10-14/h5-10,27H,11-12H2,1-4H3,(H,25,26). The van der Waals surface area contributed by atoms with Crippen LogP contribution in [0.3, 0.4) is 0 Å². The summed E-state index contributed by atoms with van der Waals surface area (Å²) in [5.74, 6) is -0.212. The third kappa shape index (κ3) is 4.61. The molecule has 1 saturated heterocycles. The van der Waals surface area contributed by atoms with E-state index >= 15 is 0 Å². The van der Waals surface area contributed by atoms with Crippen LogP contribution in [0, 0.1) is 0 Å². The van der Waals surface area contributed by atoms with Crippen molar-refractivity contribution < 1.29 is 19.3 Å². The predicted octanol–water partition coefficient (Wildman–Crippen LogP) is 1.85. The number of aliphatic hydroxyl groups is 1. The lowest BCUT2D eigenvalue weighted by molar-refractivity contribution is -0.140. The van der Waals surface area contributed by atoms with Crippen LogP contribution >= 0.6 is 11.6 Å². The molecule has 1 fully saturated rings. The number of pyridine rings is 2. The topological polar surface area (TPSA) is 93.6 Å². The van der Waals surface area contributed by atoms with Gasteiger partial charge in [0.25, 0.3) is 0 Å². The monoisotopic (exact) mass is 416 g/mol. The summed E-state index contributed by atoms with van der Waals surface area (Å²) in [6, 6.07) is 6.90. The molecule has 1 aliphatic heterocycles. The minimum Gasteiger partial charge on any atom is -0.427 e. The number of ether oxygens (including phenoxy) is 1. The van der Waals surface area contributed by atoms with E-state index in [1.54, 1.807) is 45.7 Å². The minimum absolute atomic E-state index is 0.212. The lowest BCUT2D eigenvalue weighted by Crippen LogP contribution is -2.56. The van der Waals surface area contributed by atoms with Crippen molar-refractivity contribution in [1.29, 1.82) is 0 Å². The normalized spacial score (nSPS) is 16.1. The van der Waals surface area contributed by atoms with Crippen molar-refractivity contribution in [2.24, 2.45) is 0 Å². The van der Waals surface area contributed by atoms with Crippen LogP contribution in [0.15, 0.2) is 36.7 Å². The summed E-state index contributed by atoms with van der Waals surface area (Å²) in [6.45, 7) is 7.49. The number of amides is 1. The Hall–Kier alpha value is -2.00. The molecule has 0 bridgehead atoms. The van der Waals surface area contributed by atoms with Crippen molar-refractivity contribution >= 4 is 36.1 Å². The SMILES string of the molecule is CC(C)(O)C(C)(C)O[B]c1ccc(C2(C(=O)Nc3ccc(Cl)nc3)COC2)nc1. The van der Waals surface area contributed by atoms with Crippen LogP contribution in [-0.4, -0.2) is 52.9 Å². The van der Waals surface area contributed by atoms with Gasteiger partial charge in [-0.05, 0) is 51.4 Å². The number of nitrogens with one attached hydrogen (secondary N) is 1. The predicted molar refractivity (Wildman–Crippen MR) is 111 cm³/mol. The van der Waals surface area contributed by atoms with Crippen molar-refractivity contribution in [3.63, 3.8) is 0 Å². The smallest absolute Gasteiger partial charge is 0.332 e. The Labute approximate surface area is 176 Å². The van der Waals surface area contributed by atoms with E-state index in [9.17, 15) is 9.90 Å². The first kappa shape index (κ1) is 21.7. The molecular weight excluding hydrogens is 393 g/mol. The highest BCUT2D eigenvalue weighted by atomic mass is 35.5. The van der Waals surface area contributed by atoms with Crippen LogP contribution in [0.2, 0.25) is 5.15 Å². The first-order chi connectivity index (χ1) is 13.5. The Kier molecular flexibility index (Phi) is 6.01. The number of aromatic nitrogens is 2. The quantitative estimate of drug-likeness (QED) is 0.528. The molecule has 1 amide bonds. The second-order valence-corrected chi connectivity index (χ2v) is 8.57. The van der Waals surface area contributed by atoms with E-state index in [-0.39, 0.29) is 19.1 Å². The van der Waals surface area contributed by atoms with Crippen LogP contribution in [-0.2, 0) is 19.6 Å². The summed E-state index contributed by atoms with van der Waals surface area (Å²) in [5.41, 5.74) is -0.755. The average molecular weight is 417 g/mol. The van der Waals surface area contributed by atoms with E-state index in [4.69, 9.17) is 21.0 Å². The van der Waals surface area contributed by atoms with Crippen molar-refractivity contribution in [3.8, 4) is 0 Å². The molecule has 2 aromatic rings. The maximum absolute atomic E-state index is 12.9. The Bertz CT molecular complexity index is 863. The maximum Gasteiger partial charge on any atom is 0.332 e. The third-order valence-electron chi connectivity index (χ3n) is 5.36. The molecule has 2 N–H and O–H groups in total. The van der Waals surface area contributed by atoms with E-state index < -0.39 is 16.6 Å². The minimum atomic E-state index is -1.02. The summed E-state index contributed by atoms with van der Waals surface area (Å²) in [5, 5.41) is 13.4. The molecule has 0 spiro atoms. The number of rotatable bonds is 7. The largest absolute Gasteiger partial charge is 0.427 e. The van der Waals surface area contributed by atoms with Gasteiger partial charge in [-0.25, -0.2) is 4.98 Å². The number of hydrogen-bond donors (Lipinski definition) is 2. The number of carbonyl (C=O) groups excluding carboxylic acids is 1. The zero-order chi connectivity index (χ0) is 21.3. The number of anilines is 1. The van der Waals surface area contributed by atoms with Crippen LogP contribution < -0.4 is 10.8 Å². The molecule has 29 heavy (non-hydrogen) atoms. The van der Waals surface area contributed by atoms with E-state index in [1.807, 2.05) is 19.9 Å². The molecule has 0 aromatic carbocycles. The fourth-order valence-electron chi connectivity index (χ4n) is 2.52. The van der Waals surface area contributed by atoms with Crippen LogP contribution in [0.4, 0.5) is 5.69 Å². The van der Waals surface area contributed by atoms with Gasteiger partial charge in [0.15, 0.2) is 0 Å². The van der Waals surface area contributed by atoms with Gasteiger partial charge in [0.2, 0.25) is 5.91 Å². The number of carbonyl (C=O) groups is 1. The van der Waals surface area contributed by atoms with Crippen molar-refractivity contribution in [2.75, 3.05) is 18.5 Å². The summed E-state index contributed by atoms with van der Waals surface area (Å²) in [6.07, 6.45) is 3.13. The zero-order valence-corrected chi connectivity index (χ0v) is 17.7.